The first-order valence-electron chi connectivity index (χ1n) is 9.19. The number of hydrogen-bond acceptors (Lipinski definition) is 6. The van der Waals surface area contributed by atoms with Gasteiger partial charge >= 0.3 is 0 Å². The summed E-state index contributed by atoms with van der Waals surface area (Å²) in [6, 6.07) is 16.9. The number of hydrogen-bond donors (Lipinski definition) is 2. The molecule has 150 valence electrons. The molecule has 0 radical (unpaired) electrons. The number of carbonyl (C=O) groups excluding carboxylic acids is 2. The normalized spacial score (nSPS) is 12.0. The van der Waals surface area contributed by atoms with Crippen LogP contribution in [-0.4, -0.2) is 28.1 Å². The molecule has 1 heterocycles. The summed E-state index contributed by atoms with van der Waals surface area (Å²) in [6.07, 6.45) is 0.0535. The fourth-order valence-electron chi connectivity index (χ4n) is 2.78. The number of nitrogens with one attached hydrogen (secondary N) is 1. The maximum absolute atomic E-state index is 13.0. The predicted molar refractivity (Wildman–Crippen MR) is 118 cm³/mol. The zero-order valence-electron chi connectivity index (χ0n) is 16.2. The van der Waals surface area contributed by atoms with Crippen molar-refractivity contribution in [1.82, 2.24) is 10.2 Å². The van der Waals surface area contributed by atoms with Crippen LogP contribution < -0.4 is 10.6 Å². The molecule has 1 atom stereocenters. The van der Waals surface area contributed by atoms with Gasteiger partial charge in [0.05, 0.1) is 12.5 Å². The fraction of sp³-hybridized carbons (Fsp3) is 0.238. The van der Waals surface area contributed by atoms with E-state index in [9.17, 15) is 9.59 Å². The highest BCUT2D eigenvalue weighted by Gasteiger charge is 2.31. The zero-order valence-corrected chi connectivity index (χ0v) is 17.8. The number of nitrogens with two attached hydrogens (primary N) is 1. The standard InChI is InChI=1S/C21H22N4O2S2/c1-13(2)18(22)19(27)25(20-23-24-21(28)29-20)17(26)12-14-8-10-16(11-9-14)15-6-4-3-5-7-15/h3-11,13,18H,12,22H2,1-2H3,(H,24,28)/t18-/m0/s1. The molecule has 0 saturated heterocycles. The molecule has 0 aliphatic carbocycles. The lowest BCUT2D eigenvalue weighted by atomic mass is 10.0. The highest BCUT2D eigenvalue weighted by atomic mass is 32.1. The van der Waals surface area contributed by atoms with Gasteiger partial charge in [-0.15, -0.1) is 5.10 Å². The van der Waals surface area contributed by atoms with Crippen LogP contribution in [0.3, 0.4) is 0 Å². The first-order valence-corrected chi connectivity index (χ1v) is 10.4. The molecule has 29 heavy (non-hydrogen) atoms. The number of aromatic nitrogens is 2. The molecule has 0 fully saturated rings. The second kappa shape index (κ2) is 9.21. The first-order chi connectivity index (χ1) is 13.9. The lowest BCUT2D eigenvalue weighted by Crippen LogP contribution is -2.49. The molecule has 2 amide bonds. The average molecular weight is 427 g/mol. The third-order valence-electron chi connectivity index (χ3n) is 4.51. The van der Waals surface area contributed by atoms with E-state index in [-0.39, 0.29) is 17.5 Å². The van der Waals surface area contributed by atoms with Gasteiger partial charge in [-0.2, -0.15) is 0 Å². The molecule has 0 bridgehead atoms. The molecular formula is C21H22N4O2S2. The largest absolute Gasteiger partial charge is 0.320 e. The molecule has 2 aromatic carbocycles. The van der Waals surface area contributed by atoms with E-state index in [0.29, 0.717) is 3.95 Å². The Morgan fingerprint density at radius 2 is 1.72 bits per heavy atom. The SMILES string of the molecule is CC(C)[C@H](N)C(=O)N(C(=O)Cc1ccc(-c2ccccc2)cc1)c1n[nH]c(=S)s1. The second-order valence-corrected chi connectivity index (χ2v) is 8.62. The Hall–Kier alpha value is -2.68. The lowest BCUT2D eigenvalue weighted by Gasteiger charge is -2.23. The van der Waals surface area contributed by atoms with E-state index in [1.807, 2.05) is 68.4 Å². The zero-order chi connectivity index (χ0) is 21.0. The summed E-state index contributed by atoms with van der Waals surface area (Å²) in [6.45, 7) is 3.67. The monoisotopic (exact) mass is 426 g/mol. The van der Waals surface area contributed by atoms with E-state index in [0.717, 1.165) is 32.9 Å². The molecule has 0 spiro atoms. The van der Waals surface area contributed by atoms with E-state index in [4.69, 9.17) is 18.0 Å². The minimum absolute atomic E-state index is 0.0535. The minimum atomic E-state index is -0.808. The van der Waals surface area contributed by atoms with Crippen molar-refractivity contribution in [2.24, 2.45) is 11.7 Å². The van der Waals surface area contributed by atoms with E-state index in [2.05, 4.69) is 10.2 Å². The van der Waals surface area contributed by atoms with Gasteiger partial charge in [-0.05, 0) is 34.8 Å². The van der Waals surface area contributed by atoms with Crippen LogP contribution in [0.15, 0.2) is 54.6 Å². The van der Waals surface area contributed by atoms with E-state index in [1.54, 1.807) is 0 Å². The van der Waals surface area contributed by atoms with E-state index in [1.165, 1.54) is 0 Å². The number of nitrogens with zero attached hydrogens (tertiary/aromatic N) is 2. The number of aromatic amines is 1. The van der Waals surface area contributed by atoms with Crippen LogP contribution in [-0.2, 0) is 16.0 Å². The van der Waals surface area contributed by atoms with Crippen molar-refractivity contribution in [2.45, 2.75) is 26.3 Å². The second-order valence-electron chi connectivity index (χ2n) is 6.97. The van der Waals surface area contributed by atoms with Crippen LogP contribution in [0.5, 0.6) is 0 Å². The van der Waals surface area contributed by atoms with Gasteiger partial charge < -0.3 is 5.73 Å². The lowest BCUT2D eigenvalue weighted by molar-refractivity contribution is -0.127. The summed E-state index contributed by atoms with van der Waals surface area (Å²) in [5, 5.41) is 6.84. The molecule has 6 nitrogen and oxygen atoms in total. The number of benzene rings is 2. The molecule has 0 unspecified atom stereocenters. The summed E-state index contributed by atoms with van der Waals surface area (Å²) in [4.78, 5) is 26.9. The van der Waals surface area contributed by atoms with Gasteiger partial charge in [0.2, 0.25) is 11.0 Å². The number of H-pyrrole nitrogens is 1. The molecule has 3 N–H and O–H groups in total. The summed E-state index contributed by atoms with van der Waals surface area (Å²) >= 11 is 6.12. The van der Waals surface area contributed by atoms with Crippen LogP contribution in [0.2, 0.25) is 0 Å². The number of anilines is 1. The quantitative estimate of drug-likeness (QED) is 0.582. The Bertz CT molecular complexity index is 1040. The highest BCUT2D eigenvalue weighted by molar-refractivity contribution is 7.73. The maximum atomic E-state index is 13.0. The van der Waals surface area contributed by atoms with Crippen LogP contribution in [0.4, 0.5) is 5.13 Å². The Kier molecular flexibility index (Phi) is 6.68. The average Bonchev–Trinajstić information content (AvgIpc) is 3.14. The third kappa shape index (κ3) is 5.03. The Balaban J connectivity index is 1.83. The highest BCUT2D eigenvalue weighted by Crippen LogP contribution is 2.23. The van der Waals surface area contributed by atoms with Crippen LogP contribution in [0, 0.1) is 9.87 Å². The minimum Gasteiger partial charge on any atom is -0.320 e. The summed E-state index contributed by atoms with van der Waals surface area (Å²) in [5.74, 6) is -0.991. The van der Waals surface area contributed by atoms with Crippen molar-refractivity contribution in [2.75, 3.05) is 4.90 Å². The van der Waals surface area contributed by atoms with Crippen molar-refractivity contribution in [1.29, 1.82) is 0 Å². The molecule has 1 aromatic heterocycles. The summed E-state index contributed by atoms with van der Waals surface area (Å²) < 4.78 is 0.385. The van der Waals surface area contributed by atoms with Crippen molar-refractivity contribution < 1.29 is 9.59 Å². The van der Waals surface area contributed by atoms with Gasteiger partial charge in [0.15, 0.2) is 3.95 Å². The summed E-state index contributed by atoms with van der Waals surface area (Å²) in [5.41, 5.74) is 8.97. The van der Waals surface area contributed by atoms with Gasteiger partial charge in [-0.25, -0.2) is 4.90 Å². The summed E-state index contributed by atoms with van der Waals surface area (Å²) in [7, 11) is 0. The topological polar surface area (TPSA) is 92.1 Å². The Morgan fingerprint density at radius 1 is 1.10 bits per heavy atom. The molecule has 0 aliphatic rings. The van der Waals surface area contributed by atoms with Crippen molar-refractivity contribution >= 4 is 40.5 Å². The van der Waals surface area contributed by atoms with Crippen molar-refractivity contribution in [3.63, 3.8) is 0 Å². The van der Waals surface area contributed by atoms with Crippen LogP contribution >= 0.6 is 23.6 Å². The van der Waals surface area contributed by atoms with Gasteiger partial charge in [-0.1, -0.05) is 79.8 Å². The predicted octanol–water partition coefficient (Wildman–Crippen LogP) is 3.95. The third-order valence-corrected chi connectivity index (χ3v) is 5.58. The maximum Gasteiger partial charge on any atom is 0.252 e. The number of rotatable bonds is 6. The van der Waals surface area contributed by atoms with Gasteiger partial charge in [-0.3, -0.25) is 14.7 Å². The van der Waals surface area contributed by atoms with Gasteiger partial charge in [0, 0.05) is 0 Å². The van der Waals surface area contributed by atoms with Gasteiger partial charge in [0.1, 0.15) is 0 Å². The molecule has 3 aromatic rings. The smallest absolute Gasteiger partial charge is 0.252 e. The number of imide groups is 1. The first kappa shape index (κ1) is 21.0. The Labute approximate surface area is 178 Å². The Morgan fingerprint density at radius 3 is 2.28 bits per heavy atom. The van der Waals surface area contributed by atoms with E-state index >= 15 is 0 Å². The molecule has 0 aliphatic heterocycles. The van der Waals surface area contributed by atoms with Crippen molar-refractivity contribution in [3.05, 3.63) is 64.1 Å². The number of carbonyl (C=O) groups is 2. The molecular weight excluding hydrogens is 404 g/mol. The molecule has 8 heteroatoms. The fourth-order valence-corrected chi connectivity index (χ4v) is 3.68. The van der Waals surface area contributed by atoms with Crippen LogP contribution in [0.25, 0.3) is 11.1 Å². The molecule has 0 saturated carbocycles. The van der Waals surface area contributed by atoms with Crippen LogP contribution in [0.1, 0.15) is 19.4 Å². The van der Waals surface area contributed by atoms with Gasteiger partial charge in [0.25, 0.3) is 5.91 Å². The van der Waals surface area contributed by atoms with Crippen molar-refractivity contribution in [3.8, 4) is 11.1 Å². The number of amides is 2. The molecule has 3 rings (SSSR count). The van der Waals surface area contributed by atoms with E-state index < -0.39 is 17.9 Å².